The third kappa shape index (κ3) is 6.15. The van der Waals surface area contributed by atoms with Gasteiger partial charge in [-0.15, -0.1) is 0 Å². The number of nitrogens with zero attached hydrogens (tertiary/aromatic N) is 4. The van der Waals surface area contributed by atoms with Crippen LogP contribution in [0.4, 0.5) is 23.7 Å². The Morgan fingerprint density at radius 1 is 1.17 bits per heavy atom. The second-order valence-corrected chi connectivity index (χ2v) is 11.8. The van der Waals surface area contributed by atoms with E-state index in [2.05, 4.69) is 14.5 Å². The highest BCUT2D eigenvalue weighted by molar-refractivity contribution is 7.89. The highest BCUT2D eigenvalue weighted by Crippen LogP contribution is 2.32. The van der Waals surface area contributed by atoms with Crippen molar-refractivity contribution in [2.75, 3.05) is 56.5 Å². The van der Waals surface area contributed by atoms with Gasteiger partial charge in [0.1, 0.15) is 0 Å². The monoisotopic (exact) mass is 538 g/mol. The summed E-state index contributed by atoms with van der Waals surface area (Å²) in [4.78, 5) is 17.7. The fraction of sp³-hybridized carbons (Fsp3) is 0.682. The molecule has 0 aromatic heterocycles. The average Bonchev–Trinajstić information content (AvgIpc) is 3.40. The van der Waals surface area contributed by atoms with E-state index in [1.807, 2.05) is 18.2 Å². The first-order valence-corrected chi connectivity index (χ1v) is 13.7. The van der Waals surface area contributed by atoms with Gasteiger partial charge in [0.15, 0.2) is 6.10 Å². The van der Waals surface area contributed by atoms with Crippen LogP contribution < -0.4 is 4.90 Å². The summed E-state index contributed by atoms with van der Waals surface area (Å²) in [6, 6.07) is 5.60. The summed E-state index contributed by atoms with van der Waals surface area (Å²) in [5, 5.41) is 0.590. The van der Waals surface area contributed by atoms with Gasteiger partial charge in [-0.2, -0.15) is 17.5 Å². The molecule has 1 aromatic carbocycles. The standard InChI is InChI=1S/C22H30ClF3N4O4S/c1-16(22(24,25)26)34-21(31)28-10-8-27(9-11-28)14-17-3-4-18(23)13-20(17)29-7-5-19(15-29)30-6-2-12-35(30,32)33/h3-4,13,16,19H,2,5-12,14-15H2,1H3/t16?,19-/m1/s1. The lowest BCUT2D eigenvalue weighted by atomic mass is 10.1. The third-order valence-electron chi connectivity index (χ3n) is 6.86. The molecule has 0 saturated carbocycles. The molecule has 3 aliphatic heterocycles. The van der Waals surface area contributed by atoms with Crippen LogP contribution in [0.25, 0.3) is 0 Å². The second kappa shape index (κ2) is 10.3. The van der Waals surface area contributed by atoms with Gasteiger partial charge in [0, 0.05) is 69.1 Å². The lowest BCUT2D eigenvalue weighted by molar-refractivity contribution is -0.200. The molecule has 1 unspecified atom stereocenters. The fourth-order valence-corrected chi connectivity index (χ4v) is 6.78. The Kier molecular flexibility index (Phi) is 7.75. The topological polar surface area (TPSA) is 73.4 Å². The van der Waals surface area contributed by atoms with Crippen LogP contribution in [-0.4, -0.2) is 98.5 Å². The number of hydrogen-bond donors (Lipinski definition) is 0. The molecular formula is C22H30ClF3N4O4S. The van der Waals surface area contributed by atoms with Crippen molar-refractivity contribution in [3.8, 4) is 0 Å². The molecule has 1 aromatic rings. The van der Waals surface area contributed by atoms with Crippen LogP contribution in [-0.2, 0) is 21.3 Å². The van der Waals surface area contributed by atoms with Gasteiger partial charge in [0.25, 0.3) is 0 Å². The summed E-state index contributed by atoms with van der Waals surface area (Å²) in [5.41, 5.74) is 1.98. The highest BCUT2D eigenvalue weighted by Gasteiger charge is 2.41. The minimum absolute atomic E-state index is 0.0528. The molecule has 35 heavy (non-hydrogen) atoms. The number of benzene rings is 1. The molecule has 0 N–H and O–H groups in total. The molecule has 0 aliphatic carbocycles. The summed E-state index contributed by atoms with van der Waals surface area (Å²) >= 11 is 6.29. The van der Waals surface area contributed by atoms with Gasteiger partial charge in [-0.25, -0.2) is 13.2 Å². The molecule has 3 heterocycles. The molecule has 8 nitrogen and oxygen atoms in total. The van der Waals surface area contributed by atoms with Gasteiger partial charge in [0.05, 0.1) is 5.75 Å². The lowest BCUT2D eigenvalue weighted by Gasteiger charge is -2.35. The van der Waals surface area contributed by atoms with E-state index in [9.17, 15) is 26.4 Å². The molecule has 3 aliphatic rings. The Labute approximate surface area is 208 Å². The maximum absolute atomic E-state index is 12.7. The average molecular weight is 539 g/mol. The predicted molar refractivity (Wildman–Crippen MR) is 126 cm³/mol. The number of piperazine rings is 1. The Morgan fingerprint density at radius 3 is 2.51 bits per heavy atom. The van der Waals surface area contributed by atoms with Crippen molar-refractivity contribution in [3.05, 3.63) is 28.8 Å². The van der Waals surface area contributed by atoms with Gasteiger partial charge in [-0.3, -0.25) is 4.90 Å². The number of halogens is 4. The number of carbonyl (C=O) groups excluding carboxylic acids is 1. The van der Waals surface area contributed by atoms with Crippen LogP contribution in [0.2, 0.25) is 5.02 Å². The Hall–Kier alpha value is -1.76. The maximum Gasteiger partial charge on any atom is 0.425 e. The number of rotatable bonds is 5. The third-order valence-corrected chi connectivity index (χ3v) is 9.09. The molecule has 1 amide bonds. The van der Waals surface area contributed by atoms with Crippen LogP contribution in [0.1, 0.15) is 25.3 Å². The molecule has 3 saturated heterocycles. The zero-order valence-corrected chi connectivity index (χ0v) is 21.1. The molecule has 4 rings (SSSR count). The van der Waals surface area contributed by atoms with Gasteiger partial charge in [-0.1, -0.05) is 17.7 Å². The Balaban J connectivity index is 1.36. The first-order chi connectivity index (χ1) is 16.4. The van der Waals surface area contributed by atoms with E-state index in [0.29, 0.717) is 44.2 Å². The summed E-state index contributed by atoms with van der Waals surface area (Å²) in [7, 11) is -3.18. The molecule has 0 bridgehead atoms. The van der Waals surface area contributed by atoms with Crippen molar-refractivity contribution in [2.45, 2.75) is 44.6 Å². The van der Waals surface area contributed by atoms with Gasteiger partial charge in [-0.05, 0) is 37.5 Å². The van der Waals surface area contributed by atoms with Crippen LogP contribution in [0.3, 0.4) is 0 Å². The highest BCUT2D eigenvalue weighted by atomic mass is 35.5. The molecule has 196 valence electrons. The molecule has 0 spiro atoms. The quantitative estimate of drug-likeness (QED) is 0.573. The van der Waals surface area contributed by atoms with E-state index < -0.39 is 28.4 Å². The zero-order valence-electron chi connectivity index (χ0n) is 19.5. The zero-order chi connectivity index (χ0) is 25.4. The molecule has 3 fully saturated rings. The van der Waals surface area contributed by atoms with E-state index >= 15 is 0 Å². The smallest absolute Gasteiger partial charge is 0.425 e. The Morgan fingerprint density at radius 2 is 1.89 bits per heavy atom. The van der Waals surface area contributed by atoms with Crippen molar-refractivity contribution >= 4 is 33.4 Å². The number of sulfonamides is 1. The van der Waals surface area contributed by atoms with Crippen molar-refractivity contribution in [3.63, 3.8) is 0 Å². The summed E-state index contributed by atoms with van der Waals surface area (Å²) < 4.78 is 68.9. The predicted octanol–water partition coefficient (Wildman–Crippen LogP) is 3.16. The lowest BCUT2D eigenvalue weighted by Crippen LogP contribution is -2.49. The Bertz CT molecular complexity index is 1030. The minimum atomic E-state index is -4.59. The normalized spacial score (nSPS) is 24.7. The van der Waals surface area contributed by atoms with Crippen LogP contribution in [0, 0.1) is 0 Å². The van der Waals surface area contributed by atoms with Gasteiger partial charge >= 0.3 is 12.3 Å². The van der Waals surface area contributed by atoms with Crippen molar-refractivity contribution in [1.82, 2.24) is 14.1 Å². The number of ether oxygens (including phenoxy) is 1. The molecule has 13 heteroatoms. The first kappa shape index (κ1) is 26.3. The SMILES string of the molecule is CC(OC(=O)N1CCN(Cc2ccc(Cl)cc2N2CC[C@@H](N3CCCS3(=O)=O)C2)CC1)C(F)(F)F. The van der Waals surface area contributed by atoms with Crippen molar-refractivity contribution < 1.29 is 31.1 Å². The minimum Gasteiger partial charge on any atom is -0.437 e. The first-order valence-electron chi connectivity index (χ1n) is 11.7. The largest absolute Gasteiger partial charge is 0.437 e. The number of amides is 1. The van der Waals surface area contributed by atoms with Crippen LogP contribution >= 0.6 is 11.6 Å². The summed E-state index contributed by atoms with van der Waals surface area (Å²) in [5.74, 6) is 0.209. The second-order valence-electron chi connectivity index (χ2n) is 9.27. The van der Waals surface area contributed by atoms with E-state index in [1.165, 1.54) is 4.90 Å². The molecule has 0 radical (unpaired) electrons. The fourth-order valence-electron chi connectivity index (χ4n) is 4.85. The number of hydrogen-bond acceptors (Lipinski definition) is 6. The van der Waals surface area contributed by atoms with Crippen LogP contribution in [0.15, 0.2) is 18.2 Å². The van der Waals surface area contributed by atoms with E-state index in [0.717, 1.165) is 31.1 Å². The van der Waals surface area contributed by atoms with E-state index in [-0.39, 0.29) is 24.9 Å². The maximum atomic E-state index is 12.7. The summed E-state index contributed by atoms with van der Waals surface area (Å²) in [6.07, 6.45) is -6.28. The van der Waals surface area contributed by atoms with Crippen molar-refractivity contribution in [2.24, 2.45) is 0 Å². The van der Waals surface area contributed by atoms with E-state index in [1.54, 1.807) is 4.31 Å². The van der Waals surface area contributed by atoms with E-state index in [4.69, 9.17) is 11.6 Å². The van der Waals surface area contributed by atoms with Gasteiger partial charge in [0.2, 0.25) is 10.0 Å². The number of anilines is 1. The number of carbonyl (C=O) groups is 1. The van der Waals surface area contributed by atoms with Crippen LogP contribution in [0.5, 0.6) is 0 Å². The number of alkyl halides is 3. The summed E-state index contributed by atoms with van der Waals surface area (Å²) in [6.45, 7) is 4.81. The molecule has 2 atom stereocenters. The molecular weight excluding hydrogens is 509 g/mol. The van der Waals surface area contributed by atoms with Crippen molar-refractivity contribution in [1.29, 1.82) is 0 Å². The van der Waals surface area contributed by atoms with Gasteiger partial charge < -0.3 is 14.5 Å².